The average Bonchev–Trinajstić information content (AvgIpc) is 2.62. The molecule has 0 spiro atoms. The molecule has 6 heteroatoms. The largest absolute Gasteiger partial charge is 0.386 e. The van der Waals surface area contributed by atoms with Gasteiger partial charge in [0.2, 0.25) is 0 Å². The molecule has 0 fully saturated rings. The van der Waals surface area contributed by atoms with Gasteiger partial charge in [-0.2, -0.15) is 0 Å². The topological polar surface area (TPSA) is 83.8 Å². The summed E-state index contributed by atoms with van der Waals surface area (Å²) in [7, 11) is 0. The van der Waals surface area contributed by atoms with Crippen molar-refractivity contribution in [2.45, 2.75) is 26.1 Å². The van der Waals surface area contributed by atoms with Gasteiger partial charge in [-0.05, 0) is 6.92 Å². The number of amidine groups is 1. The van der Waals surface area contributed by atoms with Crippen LogP contribution in [0.5, 0.6) is 0 Å². The van der Waals surface area contributed by atoms with Crippen LogP contribution in [0.15, 0.2) is 6.33 Å². The zero-order valence-electron chi connectivity index (χ0n) is 8.14. The van der Waals surface area contributed by atoms with Crippen molar-refractivity contribution >= 4 is 5.84 Å². The molecular weight excluding hydrogens is 180 g/mol. The molecule has 0 aliphatic carbocycles. The number of nitrogens with two attached hydrogens (primary N) is 1. The summed E-state index contributed by atoms with van der Waals surface area (Å²) in [5.41, 5.74) is 5.46. The van der Waals surface area contributed by atoms with E-state index in [0.29, 0.717) is 0 Å². The number of aromatic nitrogens is 3. The maximum absolute atomic E-state index is 7.38. The van der Waals surface area contributed by atoms with Crippen molar-refractivity contribution in [2.24, 2.45) is 5.73 Å². The summed E-state index contributed by atoms with van der Waals surface area (Å²) in [5.74, 6) is 1.15. The number of fused-ring (bicyclic) bond motifs is 1. The molecule has 1 aromatic rings. The molecule has 1 unspecified atom stereocenters. The summed E-state index contributed by atoms with van der Waals surface area (Å²) in [4.78, 5) is 2.13. The van der Waals surface area contributed by atoms with Crippen LogP contribution in [0.2, 0.25) is 0 Å². The predicted molar refractivity (Wildman–Crippen MR) is 51.8 cm³/mol. The molecule has 14 heavy (non-hydrogen) atoms. The quantitative estimate of drug-likeness (QED) is 0.487. The highest BCUT2D eigenvalue weighted by molar-refractivity contribution is 5.82. The van der Waals surface area contributed by atoms with Gasteiger partial charge in [-0.3, -0.25) is 10.3 Å². The van der Waals surface area contributed by atoms with Crippen molar-refractivity contribution in [3.8, 4) is 0 Å². The Balaban J connectivity index is 2.11. The Labute approximate surface area is 82.2 Å². The maximum Gasteiger partial charge on any atom is 0.147 e. The molecule has 3 N–H and O–H groups in total. The molecule has 1 atom stereocenters. The first-order valence-electron chi connectivity index (χ1n) is 4.63. The van der Waals surface area contributed by atoms with Crippen LogP contribution in [0.3, 0.4) is 0 Å². The smallest absolute Gasteiger partial charge is 0.147 e. The Kier molecular flexibility index (Phi) is 2.20. The van der Waals surface area contributed by atoms with E-state index in [1.165, 1.54) is 0 Å². The summed E-state index contributed by atoms with van der Waals surface area (Å²) in [6, 6.07) is -0.0135. The minimum atomic E-state index is -0.0135. The van der Waals surface area contributed by atoms with Crippen molar-refractivity contribution < 1.29 is 0 Å². The van der Waals surface area contributed by atoms with Gasteiger partial charge in [0.05, 0.1) is 12.6 Å². The third kappa shape index (κ3) is 1.48. The van der Waals surface area contributed by atoms with E-state index >= 15 is 0 Å². The van der Waals surface area contributed by atoms with Gasteiger partial charge in [0, 0.05) is 13.1 Å². The SMILES string of the molecule is CC(C(=N)N)N1CCn2cnnc2C1. The number of hydrogen-bond acceptors (Lipinski definition) is 4. The summed E-state index contributed by atoms with van der Waals surface area (Å²) < 4.78 is 2.03. The summed E-state index contributed by atoms with van der Waals surface area (Å²) in [6.07, 6.45) is 1.74. The molecule has 0 radical (unpaired) electrons. The zero-order chi connectivity index (χ0) is 10.1. The molecule has 0 saturated heterocycles. The van der Waals surface area contributed by atoms with Crippen molar-refractivity contribution in [1.82, 2.24) is 19.7 Å². The zero-order valence-corrected chi connectivity index (χ0v) is 8.14. The Morgan fingerprint density at radius 1 is 1.64 bits per heavy atom. The lowest BCUT2D eigenvalue weighted by Crippen LogP contribution is -2.45. The minimum Gasteiger partial charge on any atom is -0.386 e. The molecule has 0 saturated carbocycles. The van der Waals surface area contributed by atoms with Crippen LogP contribution in [0, 0.1) is 5.41 Å². The van der Waals surface area contributed by atoms with Crippen LogP contribution in [-0.4, -0.2) is 38.1 Å². The summed E-state index contributed by atoms with van der Waals surface area (Å²) in [6.45, 7) is 4.43. The molecule has 0 amide bonds. The van der Waals surface area contributed by atoms with Gasteiger partial charge in [0.25, 0.3) is 0 Å². The van der Waals surface area contributed by atoms with Gasteiger partial charge in [-0.1, -0.05) is 0 Å². The van der Waals surface area contributed by atoms with Gasteiger partial charge in [-0.25, -0.2) is 0 Å². The van der Waals surface area contributed by atoms with Crippen molar-refractivity contribution in [2.75, 3.05) is 6.54 Å². The van der Waals surface area contributed by atoms with Crippen LogP contribution < -0.4 is 5.73 Å². The fourth-order valence-corrected chi connectivity index (χ4v) is 1.61. The van der Waals surface area contributed by atoms with E-state index < -0.39 is 0 Å². The lowest BCUT2D eigenvalue weighted by Gasteiger charge is -2.31. The highest BCUT2D eigenvalue weighted by Crippen LogP contribution is 2.11. The fraction of sp³-hybridized carbons (Fsp3) is 0.625. The van der Waals surface area contributed by atoms with Crippen LogP contribution in [0.25, 0.3) is 0 Å². The van der Waals surface area contributed by atoms with Gasteiger partial charge in [0.15, 0.2) is 0 Å². The van der Waals surface area contributed by atoms with Crippen LogP contribution in [-0.2, 0) is 13.1 Å². The van der Waals surface area contributed by atoms with Gasteiger partial charge in [-0.15, -0.1) is 10.2 Å². The Morgan fingerprint density at radius 3 is 3.14 bits per heavy atom. The second-order valence-electron chi connectivity index (χ2n) is 3.54. The molecule has 76 valence electrons. The Bertz CT molecular complexity index is 343. The summed E-state index contributed by atoms with van der Waals surface area (Å²) >= 11 is 0. The summed E-state index contributed by atoms with van der Waals surface area (Å²) in [5, 5.41) is 15.2. The molecule has 0 bridgehead atoms. The second-order valence-corrected chi connectivity index (χ2v) is 3.54. The third-order valence-electron chi connectivity index (χ3n) is 2.67. The van der Waals surface area contributed by atoms with Crippen LogP contribution in [0.1, 0.15) is 12.7 Å². The van der Waals surface area contributed by atoms with Crippen molar-refractivity contribution in [1.29, 1.82) is 5.41 Å². The number of rotatable bonds is 2. The molecule has 0 aromatic carbocycles. The van der Waals surface area contributed by atoms with Crippen LogP contribution in [0.4, 0.5) is 0 Å². The molecule has 2 heterocycles. The van der Waals surface area contributed by atoms with Gasteiger partial charge in [0.1, 0.15) is 18.0 Å². The van der Waals surface area contributed by atoms with E-state index in [1.54, 1.807) is 6.33 Å². The van der Waals surface area contributed by atoms with E-state index in [1.807, 2.05) is 11.5 Å². The first-order chi connectivity index (χ1) is 6.68. The molecule has 2 rings (SSSR count). The molecule has 6 nitrogen and oxygen atoms in total. The van der Waals surface area contributed by atoms with E-state index in [-0.39, 0.29) is 11.9 Å². The number of hydrogen-bond donors (Lipinski definition) is 2. The van der Waals surface area contributed by atoms with Gasteiger partial charge < -0.3 is 10.3 Å². The molecule has 1 aromatic heterocycles. The Morgan fingerprint density at radius 2 is 2.43 bits per heavy atom. The maximum atomic E-state index is 7.38. The van der Waals surface area contributed by atoms with Crippen LogP contribution >= 0.6 is 0 Å². The minimum absolute atomic E-state index is 0.0135. The number of nitrogens with one attached hydrogen (secondary N) is 1. The number of nitrogens with zero attached hydrogens (tertiary/aromatic N) is 4. The first-order valence-corrected chi connectivity index (χ1v) is 4.63. The molecular formula is C8H14N6. The monoisotopic (exact) mass is 194 g/mol. The van der Waals surface area contributed by atoms with E-state index in [9.17, 15) is 0 Å². The van der Waals surface area contributed by atoms with Crippen molar-refractivity contribution in [3.63, 3.8) is 0 Å². The fourth-order valence-electron chi connectivity index (χ4n) is 1.61. The third-order valence-corrected chi connectivity index (χ3v) is 2.67. The molecule has 1 aliphatic heterocycles. The highest BCUT2D eigenvalue weighted by Gasteiger charge is 2.22. The van der Waals surface area contributed by atoms with Crippen molar-refractivity contribution in [3.05, 3.63) is 12.2 Å². The standard InChI is InChI=1S/C8H14N6/c1-6(8(9)10)13-2-3-14-5-11-12-7(14)4-13/h5-6H,2-4H2,1H3,(H3,9,10). The normalized spacial score (nSPS) is 18.9. The molecule has 1 aliphatic rings. The average molecular weight is 194 g/mol. The second kappa shape index (κ2) is 3.38. The first kappa shape index (κ1) is 9.14. The van der Waals surface area contributed by atoms with E-state index in [0.717, 1.165) is 25.5 Å². The van der Waals surface area contributed by atoms with E-state index in [4.69, 9.17) is 11.1 Å². The highest BCUT2D eigenvalue weighted by atomic mass is 15.3. The lowest BCUT2D eigenvalue weighted by atomic mass is 10.2. The van der Waals surface area contributed by atoms with E-state index in [2.05, 4.69) is 15.1 Å². The van der Waals surface area contributed by atoms with Gasteiger partial charge >= 0.3 is 0 Å². The predicted octanol–water partition coefficient (Wildman–Crippen LogP) is -0.582. The Hall–Kier alpha value is -1.43. The lowest BCUT2D eigenvalue weighted by molar-refractivity contribution is 0.198.